The van der Waals surface area contributed by atoms with Crippen LogP contribution in [0.4, 0.5) is 0 Å². The van der Waals surface area contributed by atoms with E-state index in [4.69, 9.17) is 9.94 Å². The number of hydrogen-bond acceptors (Lipinski definition) is 5. The average Bonchev–Trinajstić information content (AvgIpc) is 2.72. The van der Waals surface area contributed by atoms with Crippen LogP contribution in [0.5, 0.6) is 0 Å². The zero-order chi connectivity index (χ0) is 10.2. The van der Waals surface area contributed by atoms with Crippen LogP contribution in [0.1, 0.15) is 0 Å². The highest BCUT2D eigenvalue weighted by Crippen LogP contribution is 2.17. The second-order valence-corrected chi connectivity index (χ2v) is 4.66. The minimum atomic E-state index is -3.70. The third kappa shape index (κ3) is 1.52. The summed E-state index contributed by atoms with van der Waals surface area (Å²) in [6.07, 6.45) is 0.562. The van der Waals surface area contributed by atoms with Gasteiger partial charge in [-0.3, -0.25) is 9.94 Å². The Labute approximate surface area is 80.3 Å². The van der Waals surface area contributed by atoms with E-state index in [2.05, 4.69) is 10.2 Å². The van der Waals surface area contributed by atoms with Gasteiger partial charge in [-0.1, -0.05) is 4.47 Å². The summed E-state index contributed by atoms with van der Waals surface area (Å²) in [5.74, 6) is 0. The molecule has 7 nitrogen and oxygen atoms in total. The van der Waals surface area contributed by atoms with Crippen molar-refractivity contribution >= 4 is 10.0 Å². The number of hydroxylamine groups is 1. The number of rotatable bonds is 2. The number of sulfonamides is 1. The van der Waals surface area contributed by atoms with Crippen molar-refractivity contribution in [2.45, 2.75) is 11.1 Å². The molecule has 2 heterocycles. The molecule has 2 rings (SSSR count). The first-order valence-corrected chi connectivity index (χ1v) is 5.38. The van der Waals surface area contributed by atoms with Gasteiger partial charge >= 0.3 is 0 Å². The maximum atomic E-state index is 11.7. The number of aliphatic hydroxyl groups excluding tert-OH is 1. The van der Waals surface area contributed by atoms with E-state index in [1.54, 1.807) is 0 Å². The van der Waals surface area contributed by atoms with E-state index < -0.39 is 16.1 Å². The molecule has 1 atom stereocenters. The molecule has 0 amide bonds. The lowest BCUT2D eigenvalue weighted by molar-refractivity contribution is -0.0318. The Bertz CT molecular complexity index is 401. The van der Waals surface area contributed by atoms with E-state index in [0.717, 1.165) is 4.47 Å². The Morgan fingerprint density at radius 1 is 1.71 bits per heavy atom. The van der Waals surface area contributed by atoms with Crippen LogP contribution in [0, 0.1) is 0 Å². The average molecular weight is 219 g/mol. The lowest BCUT2D eigenvalue weighted by Gasteiger charge is -2.11. The van der Waals surface area contributed by atoms with E-state index in [0.29, 0.717) is 0 Å². The topological polar surface area (TPSA) is 95.5 Å². The minimum absolute atomic E-state index is 0.00658. The van der Waals surface area contributed by atoms with Gasteiger partial charge in [0, 0.05) is 0 Å². The second kappa shape index (κ2) is 3.31. The van der Waals surface area contributed by atoms with E-state index in [9.17, 15) is 8.42 Å². The van der Waals surface area contributed by atoms with Crippen molar-refractivity contribution in [3.8, 4) is 0 Å². The van der Waals surface area contributed by atoms with E-state index in [1.165, 1.54) is 12.3 Å². The summed E-state index contributed by atoms with van der Waals surface area (Å²) in [7, 11) is -3.70. The molecule has 0 aromatic carbocycles. The number of β-amino-alcohol motifs (C(OH)–C–C–N with tert-alkyl or cyclic N) is 1. The molecule has 0 spiro atoms. The Morgan fingerprint density at radius 3 is 3.00 bits per heavy atom. The van der Waals surface area contributed by atoms with Gasteiger partial charge in [0.15, 0.2) is 5.03 Å². The Balaban J connectivity index is 2.26. The van der Waals surface area contributed by atoms with Crippen LogP contribution >= 0.6 is 0 Å². The molecule has 8 heteroatoms. The first kappa shape index (κ1) is 9.59. The maximum Gasteiger partial charge on any atom is 0.281 e. The standard InChI is InChI=1S/C6H9N3O4S/c10-5-3-9(13-4-5)14(11,12)6-1-2-7-8-6/h1-2,5,10H,3-4H2,(H,7,8). The molecule has 78 valence electrons. The van der Waals surface area contributed by atoms with Crippen molar-refractivity contribution in [1.82, 2.24) is 14.7 Å². The second-order valence-electron chi connectivity index (χ2n) is 2.86. The molecular weight excluding hydrogens is 210 g/mol. The normalized spacial score (nSPS) is 24.2. The third-order valence-corrected chi connectivity index (χ3v) is 3.37. The predicted octanol–water partition coefficient (Wildman–Crippen LogP) is -1.29. The molecule has 1 unspecified atom stereocenters. The molecule has 1 saturated heterocycles. The number of H-pyrrole nitrogens is 1. The van der Waals surface area contributed by atoms with Crippen LogP contribution in [-0.2, 0) is 14.9 Å². The van der Waals surface area contributed by atoms with Crippen LogP contribution in [0.25, 0.3) is 0 Å². The van der Waals surface area contributed by atoms with Gasteiger partial charge in [-0.25, -0.2) is 8.42 Å². The zero-order valence-electron chi connectivity index (χ0n) is 7.12. The van der Waals surface area contributed by atoms with Gasteiger partial charge in [0.2, 0.25) is 0 Å². The fourth-order valence-corrected chi connectivity index (χ4v) is 2.30. The molecule has 1 aliphatic rings. The quantitative estimate of drug-likeness (QED) is 0.645. The van der Waals surface area contributed by atoms with Crippen molar-refractivity contribution in [2.24, 2.45) is 0 Å². The molecule has 1 fully saturated rings. The van der Waals surface area contributed by atoms with Crippen LogP contribution in [0.15, 0.2) is 17.3 Å². The van der Waals surface area contributed by atoms with E-state index in [1.807, 2.05) is 0 Å². The number of nitrogens with one attached hydrogen (secondary N) is 1. The molecule has 0 radical (unpaired) electrons. The lowest BCUT2D eigenvalue weighted by atomic mass is 10.4. The van der Waals surface area contributed by atoms with Gasteiger partial charge in [-0.05, 0) is 6.07 Å². The highest BCUT2D eigenvalue weighted by Gasteiger charge is 2.33. The Morgan fingerprint density at radius 2 is 2.50 bits per heavy atom. The molecule has 0 saturated carbocycles. The van der Waals surface area contributed by atoms with Gasteiger partial charge in [-0.15, -0.1) is 0 Å². The first-order chi connectivity index (χ1) is 6.60. The van der Waals surface area contributed by atoms with Crippen molar-refractivity contribution in [1.29, 1.82) is 0 Å². The zero-order valence-corrected chi connectivity index (χ0v) is 7.94. The van der Waals surface area contributed by atoms with Crippen molar-refractivity contribution in [3.63, 3.8) is 0 Å². The van der Waals surface area contributed by atoms with Crippen LogP contribution in [0.2, 0.25) is 0 Å². The molecule has 1 aromatic rings. The number of aliphatic hydroxyl groups is 1. The van der Waals surface area contributed by atoms with Crippen molar-refractivity contribution in [3.05, 3.63) is 12.3 Å². The fourth-order valence-electron chi connectivity index (χ4n) is 1.11. The highest BCUT2D eigenvalue weighted by atomic mass is 32.2. The summed E-state index contributed by atoms with van der Waals surface area (Å²) in [6, 6.07) is 1.32. The molecule has 1 aliphatic heterocycles. The molecular formula is C6H9N3O4S. The van der Waals surface area contributed by atoms with Crippen LogP contribution < -0.4 is 0 Å². The first-order valence-electron chi connectivity index (χ1n) is 3.94. The molecule has 0 bridgehead atoms. The summed E-state index contributed by atoms with van der Waals surface area (Å²) in [4.78, 5) is 4.80. The number of hydrogen-bond donors (Lipinski definition) is 2. The van der Waals surface area contributed by atoms with Gasteiger partial charge in [0.25, 0.3) is 10.0 Å². The third-order valence-electron chi connectivity index (χ3n) is 1.79. The molecule has 0 aliphatic carbocycles. The summed E-state index contributed by atoms with van der Waals surface area (Å²) in [5.41, 5.74) is 0. The minimum Gasteiger partial charge on any atom is -0.389 e. The number of aromatic nitrogens is 2. The van der Waals surface area contributed by atoms with E-state index >= 15 is 0 Å². The smallest absolute Gasteiger partial charge is 0.281 e. The molecule has 2 N–H and O–H groups in total. The summed E-state index contributed by atoms with van der Waals surface area (Å²) in [6.45, 7) is -0.0608. The summed E-state index contributed by atoms with van der Waals surface area (Å²) in [5, 5.41) is 14.9. The predicted molar refractivity (Wildman–Crippen MR) is 44.4 cm³/mol. The van der Waals surface area contributed by atoms with Gasteiger partial charge in [0.1, 0.15) is 0 Å². The SMILES string of the molecule is O=S(=O)(c1ccn[nH]1)N1CC(O)CO1. The monoisotopic (exact) mass is 219 g/mol. The number of nitrogens with zero attached hydrogens (tertiary/aromatic N) is 2. The highest BCUT2D eigenvalue weighted by molar-refractivity contribution is 7.88. The van der Waals surface area contributed by atoms with Crippen LogP contribution in [-0.4, -0.2) is 47.4 Å². The van der Waals surface area contributed by atoms with Crippen LogP contribution in [0.3, 0.4) is 0 Å². The summed E-state index contributed by atoms with van der Waals surface area (Å²) >= 11 is 0. The lowest BCUT2D eigenvalue weighted by Crippen LogP contribution is -2.28. The molecule has 1 aromatic heterocycles. The largest absolute Gasteiger partial charge is 0.389 e. The van der Waals surface area contributed by atoms with Crippen molar-refractivity contribution in [2.75, 3.05) is 13.2 Å². The Kier molecular flexibility index (Phi) is 2.27. The maximum absolute atomic E-state index is 11.7. The fraction of sp³-hybridized carbons (Fsp3) is 0.500. The van der Waals surface area contributed by atoms with E-state index in [-0.39, 0.29) is 18.2 Å². The summed E-state index contributed by atoms with van der Waals surface area (Å²) < 4.78 is 24.1. The Hall–Kier alpha value is -0.960. The van der Waals surface area contributed by atoms with Crippen molar-refractivity contribution < 1.29 is 18.4 Å². The number of aromatic amines is 1. The van der Waals surface area contributed by atoms with Gasteiger partial charge in [0.05, 0.1) is 25.5 Å². The van der Waals surface area contributed by atoms with Gasteiger partial charge in [-0.2, -0.15) is 5.10 Å². The van der Waals surface area contributed by atoms with Gasteiger partial charge < -0.3 is 5.11 Å². The molecule has 14 heavy (non-hydrogen) atoms.